The van der Waals surface area contributed by atoms with Crippen LogP contribution in [0.2, 0.25) is 0 Å². The standard InChI is InChI=1S/C16H35N/c1-8-13(6)14(7)16(17)15(12(4)5)10-9-11(2)3/h11-16H,8-10,17H2,1-7H3. The van der Waals surface area contributed by atoms with Crippen LogP contribution >= 0.6 is 0 Å². The molecule has 0 amide bonds. The van der Waals surface area contributed by atoms with Gasteiger partial charge in [-0.25, -0.2) is 0 Å². The van der Waals surface area contributed by atoms with Gasteiger partial charge in [-0.05, 0) is 36.0 Å². The van der Waals surface area contributed by atoms with Gasteiger partial charge in [-0.1, -0.05) is 61.3 Å². The molecule has 0 spiro atoms. The maximum absolute atomic E-state index is 6.53. The van der Waals surface area contributed by atoms with Crippen molar-refractivity contribution in [3.8, 4) is 0 Å². The summed E-state index contributed by atoms with van der Waals surface area (Å²) >= 11 is 0. The maximum atomic E-state index is 6.53. The van der Waals surface area contributed by atoms with Gasteiger partial charge >= 0.3 is 0 Å². The van der Waals surface area contributed by atoms with Crippen molar-refractivity contribution >= 4 is 0 Å². The second-order valence-corrected chi connectivity index (χ2v) is 6.70. The van der Waals surface area contributed by atoms with E-state index in [1.165, 1.54) is 19.3 Å². The van der Waals surface area contributed by atoms with Crippen LogP contribution in [0.1, 0.15) is 67.7 Å². The molecule has 0 aliphatic rings. The van der Waals surface area contributed by atoms with Crippen LogP contribution in [0.3, 0.4) is 0 Å². The third-order valence-electron chi connectivity index (χ3n) is 4.58. The van der Waals surface area contributed by atoms with Crippen LogP contribution in [0, 0.1) is 29.6 Å². The van der Waals surface area contributed by atoms with Crippen LogP contribution in [0.4, 0.5) is 0 Å². The molecule has 0 saturated carbocycles. The first-order valence-corrected chi connectivity index (χ1v) is 7.56. The highest BCUT2D eigenvalue weighted by atomic mass is 14.7. The summed E-state index contributed by atoms with van der Waals surface area (Å²) < 4.78 is 0. The van der Waals surface area contributed by atoms with E-state index in [1.807, 2.05) is 0 Å². The topological polar surface area (TPSA) is 26.0 Å². The summed E-state index contributed by atoms with van der Waals surface area (Å²) in [7, 11) is 0. The highest BCUT2D eigenvalue weighted by Gasteiger charge is 2.28. The molecule has 104 valence electrons. The SMILES string of the molecule is CCC(C)C(C)C(N)C(CCC(C)C)C(C)C. The molecule has 17 heavy (non-hydrogen) atoms. The molecule has 4 atom stereocenters. The Morgan fingerprint density at radius 3 is 1.76 bits per heavy atom. The van der Waals surface area contributed by atoms with E-state index in [0.717, 1.165) is 11.8 Å². The molecule has 0 aliphatic heterocycles. The van der Waals surface area contributed by atoms with Crippen molar-refractivity contribution in [3.63, 3.8) is 0 Å². The fourth-order valence-corrected chi connectivity index (χ4v) is 2.64. The average molecular weight is 241 g/mol. The zero-order chi connectivity index (χ0) is 13.6. The predicted molar refractivity (Wildman–Crippen MR) is 79.0 cm³/mol. The smallest absolute Gasteiger partial charge is 0.00979 e. The van der Waals surface area contributed by atoms with Crippen molar-refractivity contribution in [2.24, 2.45) is 35.3 Å². The highest BCUT2D eigenvalue weighted by molar-refractivity contribution is 4.82. The van der Waals surface area contributed by atoms with Crippen molar-refractivity contribution < 1.29 is 0 Å². The fourth-order valence-electron chi connectivity index (χ4n) is 2.64. The number of nitrogens with two attached hydrogens (primary N) is 1. The van der Waals surface area contributed by atoms with E-state index in [-0.39, 0.29) is 0 Å². The van der Waals surface area contributed by atoms with Gasteiger partial charge < -0.3 is 5.73 Å². The third kappa shape index (κ3) is 5.90. The molecule has 0 aromatic carbocycles. The molecule has 0 fully saturated rings. The maximum Gasteiger partial charge on any atom is 0.00979 e. The van der Waals surface area contributed by atoms with E-state index in [1.54, 1.807) is 0 Å². The molecule has 0 saturated heterocycles. The average Bonchev–Trinajstić information content (AvgIpc) is 2.25. The van der Waals surface area contributed by atoms with Crippen LogP contribution in [0.5, 0.6) is 0 Å². The summed E-state index contributed by atoms with van der Waals surface area (Å²) in [6.07, 6.45) is 3.84. The van der Waals surface area contributed by atoms with Crippen molar-refractivity contribution in [2.45, 2.75) is 73.8 Å². The molecule has 0 heterocycles. The van der Waals surface area contributed by atoms with Crippen LogP contribution in [0.25, 0.3) is 0 Å². The Hall–Kier alpha value is -0.0400. The quantitative estimate of drug-likeness (QED) is 0.654. The van der Waals surface area contributed by atoms with Crippen molar-refractivity contribution in [3.05, 3.63) is 0 Å². The van der Waals surface area contributed by atoms with Crippen LogP contribution in [-0.2, 0) is 0 Å². The largest absolute Gasteiger partial charge is 0.327 e. The Labute approximate surface area is 110 Å². The molecule has 1 nitrogen and oxygen atoms in total. The first-order valence-electron chi connectivity index (χ1n) is 7.56. The number of hydrogen-bond acceptors (Lipinski definition) is 1. The lowest BCUT2D eigenvalue weighted by Gasteiger charge is -2.35. The molecule has 0 aliphatic carbocycles. The van der Waals surface area contributed by atoms with E-state index in [2.05, 4.69) is 48.5 Å². The van der Waals surface area contributed by atoms with Gasteiger partial charge in [0.05, 0.1) is 0 Å². The number of hydrogen-bond donors (Lipinski definition) is 1. The lowest BCUT2D eigenvalue weighted by molar-refractivity contribution is 0.192. The second-order valence-electron chi connectivity index (χ2n) is 6.70. The summed E-state index contributed by atoms with van der Waals surface area (Å²) in [4.78, 5) is 0. The Morgan fingerprint density at radius 2 is 1.41 bits per heavy atom. The van der Waals surface area contributed by atoms with Crippen LogP contribution < -0.4 is 5.73 Å². The molecule has 0 radical (unpaired) electrons. The number of rotatable bonds is 8. The normalized spacial score (nSPS) is 19.4. The summed E-state index contributed by atoms with van der Waals surface area (Å²) in [5.41, 5.74) is 6.53. The second kappa shape index (κ2) is 8.13. The summed E-state index contributed by atoms with van der Waals surface area (Å²) in [6.45, 7) is 16.2. The summed E-state index contributed by atoms with van der Waals surface area (Å²) in [6, 6.07) is 0.365. The molecule has 1 heteroatoms. The minimum atomic E-state index is 0.365. The van der Waals surface area contributed by atoms with Gasteiger partial charge in [0.25, 0.3) is 0 Å². The van der Waals surface area contributed by atoms with Gasteiger partial charge in [0, 0.05) is 6.04 Å². The molecular weight excluding hydrogens is 206 g/mol. The Morgan fingerprint density at radius 1 is 0.882 bits per heavy atom. The lowest BCUT2D eigenvalue weighted by atomic mass is 9.74. The third-order valence-corrected chi connectivity index (χ3v) is 4.58. The fraction of sp³-hybridized carbons (Fsp3) is 1.00. The molecular formula is C16H35N. The molecule has 4 unspecified atom stereocenters. The van der Waals surface area contributed by atoms with Gasteiger partial charge in [-0.15, -0.1) is 0 Å². The van der Waals surface area contributed by atoms with E-state index in [9.17, 15) is 0 Å². The van der Waals surface area contributed by atoms with E-state index >= 15 is 0 Å². The predicted octanol–water partition coefficient (Wildman–Crippen LogP) is 4.70. The van der Waals surface area contributed by atoms with Gasteiger partial charge in [0.2, 0.25) is 0 Å². The van der Waals surface area contributed by atoms with E-state index in [0.29, 0.717) is 23.8 Å². The highest BCUT2D eigenvalue weighted by Crippen LogP contribution is 2.29. The first kappa shape index (κ1) is 17.0. The molecule has 0 aromatic rings. The van der Waals surface area contributed by atoms with Gasteiger partial charge in [-0.2, -0.15) is 0 Å². The molecule has 0 bridgehead atoms. The monoisotopic (exact) mass is 241 g/mol. The lowest BCUT2D eigenvalue weighted by Crippen LogP contribution is -2.41. The minimum Gasteiger partial charge on any atom is -0.327 e. The summed E-state index contributed by atoms with van der Waals surface area (Å²) in [5, 5.41) is 0. The Balaban J connectivity index is 4.47. The Kier molecular flexibility index (Phi) is 8.11. The van der Waals surface area contributed by atoms with Gasteiger partial charge in [-0.3, -0.25) is 0 Å². The van der Waals surface area contributed by atoms with Gasteiger partial charge in [0.15, 0.2) is 0 Å². The Bertz CT molecular complexity index is 186. The zero-order valence-corrected chi connectivity index (χ0v) is 13.2. The van der Waals surface area contributed by atoms with Crippen molar-refractivity contribution in [1.82, 2.24) is 0 Å². The minimum absolute atomic E-state index is 0.365. The summed E-state index contributed by atoms with van der Waals surface area (Å²) in [5.74, 6) is 3.56. The van der Waals surface area contributed by atoms with Crippen molar-refractivity contribution in [2.75, 3.05) is 0 Å². The van der Waals surface area contributed by atoms with Crippen LogP contribution in [0.15, 0.2) is 0 Å². The molecule has 0 rings (SSSR count). The first-order chi connectivity index (χ1) is 7.81. The molecule has 2 N–H and O–H groups in total. The molecule has 0 aromatic heterocycles. The van der Waals surface area contributed by atoms with Crippen molar-refractivity contribution in [1.29, 1.82) is 0 Å². The van der Waals surface area contributed by atoms with Crippen LogP contribution in [-0.4, -0.2) is 6.04 Å². The van der Waals surface area contributed by atoms with Gasteiger partial charge in [0.1, 0.15) is 0 Å². The zero-order valence-electron chi connectivity index (χ0n) is 13.2. The van der Waals surface area contributed by atoms with E-state index < -0.39 is 0 Å². The van der Waals surface area contributed by atoms with E-state index in [4.69, 9.17) is 5.73 Å².